The lowest BCUT2D eigenvalue weighted by Gasteiger charge is -1.85. The van der Waals surface area contributed by atoms with Crippen LogP contribution in [-0.2, 0) is 0 Å². The fourth-order valence-electron chi connectivity index (χ4n) is 0.318. The fraction of sp³-hybridized carbons (Fsp3) is 0.200. The average Bonchev–Trinajstić information content (AvgIpc) is 2.01. The molecule has 0 aromatic heterocycles. The highest BCUT2D eigenvalue weighted by Crippen LogP contribution is 1.76. The van der Waals surface area contributed by atoms with Gasteiger partial charge in [-0.1, -0.05) is 0 Å². The summed E-state index contributed by atoms with van der Waals surface area (Å²) in [6.07, 6.45) is 2.43. The number of guanidine groups is 1. The Kier molecular flexibility index (Phi) is 4.90. The molecule has 0 rings (SSSR count). The van der Waals surface area contributed by atoms with Crippen LogP contribution in [0.15, 0.2) is 20.4 Å². The first-order valence-electron chi connectivity index (χ1n) is 3.06. The van der Waals surface area contributed by atoms with Crippen LogP contribution in [0.5, 0.6) is 0 Å². The van der Waals surface area contributed by atoms with Crippen molar-refractivity contribution >= 4 is 24.2 Å². The Balaban J connectivity index is 4.11. The van der Waals surface area contributed by atoms with Crippen molar-refractivity contribution in [1.29, 1.82) is 0 Å². The highest BCUT2D eigenvalue weighted by atomic mass is 15.3. The highest BCUT2D eigenvalue weighted by Gasteiger charge is 1.82. The van der Waals surface area contributed by atoms with Crippen molar-refractivity contribution in [2.45, 2.75) is 6.92 Å². The Hall–Kier alpha value is -1.92. The van der Waals surface area contributed by atoms with Gasteiger partial charge in [0.15, 0.2) is 0 Å². The molecule has 0 fully saturated rings. The van der Waals surface area contributed by atoms with Crippen LogP contribution in [0, 0.1) is 0 Å². The second-order valence-electron chi connectivity index (χ2n) is 1.78. The zero-order valence-electron chi connectivity index (χ0n) is 6.68. The Morgan fingerprint density at radius 2 is 1.83 bits per heavy atom. The minimum atomic E-state index is -0.106. The lowest BCUT2D eigenvalue weighted by atomic mass is 10.5. The summed E-state index contributed by atoms with van der Waals surface area (Å²) < 4.78 is 0. The lowest BCUT2D eigenvalue weighted by molar-refractivity contribution is 1.20. The van der Waals surface area contributed by atoms with Gasteiger partial charge in [0.25, 0.3) is 0 Å². The normalized spacial score (nSPS) is 12.6. The van der Waals surface area contributed by atoms with Crippen LogP contribution in [0.3, 0.4) is 0 Å². The van der Waals surface area contributed by atoms with Crippen LogP contribution >= 0.6 is 0 Å². The van der Waals surface area contributed by atoms with E-state index in [2.05, 4.69) is 20.4 Å². The molecule has 0 aliphatic heterocycles. The molecule has 0 spiro atoms. The van der Waals surface area contributed by atoms with Gasteiger partial charge in [0.05, 0.1) is 11.9 Å². The van der Waals surface area contributed by atoms with Crippen molar-refractivity contribution in [1.82, 2.24) is 0 Å². The molecule has 6 N–H and O–H groups in total. The van der Waals surface area contributed by atoms with E-state index in [1.165, 1.54) is 6.21 Å². The Morgan fingerprint density at radius 3 is 2.33 bits per heavy atom. The van der Waals surface area contributed by atoms with E-state index in [-0.39, 0.29) is 5.96 Å². The number of hydrogen-bond donors (Lipinski definition) is 3. The molecule has 0 aliphatic rings. The Morgan fingerprint density at radius 1 is 1.17 bits per heavy atom. The maximum absolute atomic E-state index is 5.02. The molecule has 66 valence electrons. The van der Waals surface area contributed by atoms with E-state index in [9.17, 15) is 0 Å². The maximum Gasteiger partial charge on any atom is 0.211 e. The van der Waals surface area contributed by atoms with Gasteiger partial charge in [-0.2, -0.15) is 10.2 Å². The zero-order chi connectivity index (χ0) is 9.40. The third kappa shape index (κ3) is 6.20. The second-order valence-corrected chi connectivity index (χ2v) is 1.78. The molecular formula is C5H11N7. The summed E-state index contributed by atoms with van der Waals surface area (Å²) in [7, 11) is 0. The third-order valence-electron chi connectivity index (χ3n) is 0.701. The van der Waals surface area contributed by atoms with Crippen molar-refractivity contribution < 1.29 is 0 Å². The van der Waals surface area contributed by atoms with Crippen LogP contribution in [0.2, 0.25) is 0 Å². The van der Waals surface area contributed by atoms with E-state index in [0.29, 0.717) is 5.71 Å². The molecule has 0 radical (unpaired) electrons. The first-order valence-corrected chi connectivity index (χ1v) is 3.06. The standard InChI is InChI=1S/C5H11N7/c1-4(2-9-10-3-6)11-12-5(7)8/h2-3H,1H3,(H2,6,10)(H4,7,8,12). The molecule has 7 nitrogen and oxygen atoms in total. The summed E-state index contributed by atoms with van der Waals surface area (Å²) in [6.45, 7) is 1.67. The number of nitrogens with zero attached hydrogens (tertiary/aromatic N) is 4. The topological polar surface area (TPSA) is 127 Å². The van der Waals surface area contributed by atoms with E-state index in [1.807, 2.05) is 0 Å². The van der Waals surface area contributed by atoms with E-state index in [1.54, 1.807) is 6.92 Å². The van der Waals surface area contributed by atoms with Crippen LogP contribution in [0.4, 0.5) is 0 Å². The molecule has 0 atom stereocenters. The minimum absolute atomic E-state index is 0.106. The fourth-order valence-corrected chi connectivity index (χ4v) is 0.318. The Bertz CT molecular complexity index is 232. The van der Waals surface area contributed by atoms with Gasteiger partial charge in [0.1, 0.15) is 6.34 Å². The molecule has 0 unspecified atom stereocenters. The maximum atomic E-state index is 5.02. The molecule has 12 heavy (non-hydrogen) atoms. The summed E-state index contributed by atoms with van der Waals surface area (Å²) in [6, 6.07) is 0. The van der Waals surface area contributed by atoms with Gasteiger partial charge >= 0.3 is 0 Å². The molecule has 0 saturated heterocycles. The number of nitrogens with two attached hydrogens (primary N) is 3. The second kappa shape index (κ2) is 5.83. The van der Waals surface area contributed by atoms with Gasteiger partial charge in [-0.3, -0.25) is 0 Å². The number of hydrogen-bond acceptors (Lipinski definition) is 4. The number of rotatable bonds is 3. The largest absolute Gasteiger partial charge is 0.388 e. The van der Waals surface area contributed by atoms with Gasteiger partial charge in [-0.25, -0.2) is 0 Å². The first kappa shape index (κ1) is 10.1. The predicted octanol–water partition coefficient (Wildman–Crippen LogP) is -1.39. The first-order chi connectivity index (χ1) is 5.66. The van der Waals surface area contributed by atoms with Gasteiger partial charge in [-0.15, -0.1) is 10.2 Å². The van der Waals surface area contributed by atoms with Crippen molar-refractivity contribution in [3.8, 4) is 0 Å². The molecule has 0 aromatic rings. The summed E-state index contributed by atoms with van der Waals surface area (Å²) in [4.78, 5) is 0. The van der Waals surface area contributed by atoms with Crippen molar-refractivity contribution in [3.63, 3.8) is 0 Å². The summed E-state index contributed by atoms with van der Waals surface area (Å²) in [5.74, 6) is -0.106. The highest BCUT2D eigenvalue weighted by molar-refractivity contribution is 6.29. The van der Waals surface area contributed by atoms with Crippen molar-refractivity contribution in [2.24, 2.45) is 37.6 Å². The van der Waals surface area contributed by atoms with Crippen molar-refractivity contribution in [2.75, 3.05) is 0 Å². The van der Waals surface area contributed by atoms with Gasteiger partial charge in [0.2, 0.25) is 5.96 Å². The molecule has 0 bridgehead atoms. The molecule has 0 heterocycles. The zero-order valence-corrected chi connectivity index (χ0v) is 6.68. The molecule has 0 aromatic carbocycles. The minimum Gasteiger partial charge on any atom is -0.388 e. The summed E-state index contributed by atoms with van der Waals surface area (Å²) in [5, 5.41) is 13.8. The van der Waals surface area contributed by atoms with Crippen LogP contribution in [-0.4, -0.2) is 24.2 Å². The van der Waals surface area contributed by atoms with Gasteiger partial charge < -0.3 is 17.2 Å². The summed E-state index contributed by atoms with van der Waals surface area (Å²) in [5.41, 5.74) is 15.5. The molecule has 0 saturated carbocycles. The van der Waals surface area contributed by atoms with Crippen LogP contribution < -0.4 is 17.2 Å². The third-order valence-corrected chi connectivity index (χ3v) is 0.701. The van der Waals surface area contributed by atoms with Gasteiger partial charge in [-0.05, 0) is 6.92 Å². The monoisotopic (exact) mass is 169 g/mol. The van der Waals surface area contributed by atoms with Crippen LogP contribution in [0.1, 0.15) is 6.92 Å². The lowest BCUT2D eigenvalue weighted by Crippen LogP contribution is -2.22. The molecule has 7 heteroatoms. The summed E-state index contributed by atoms with van der Waals surface area (Å²) >= 11 is 0. The van der Waals surface area contributed by atoms with Gasteiger partial charge in [0, 0.05) is 0 Å². The van der Waals surface area contributed by atoms with E-state index in [4.69, 9.17) is 17.2 Å². The van der Waals surface area contributed by atoms with E-state index >= 15 is 0 Å². The van der Waals surface area contributed by atoms with E-state index in [0.717, 1.165) is 6.34 Å². The molecule has 0 aliphatic carbocycles. The average molecular weight is 169 g/mol. The van der Waals surface area contributed by atoms with Crippen molar-refractivity contribution in [3.05, 3.63) is 0 Å². The quantitative estimate of drug-likeness (QED) is 0.273. The smallest absolute Gasteiger partial charge is 0.211 e. The molecular weight excluding hydrogens is 158 g/mol. The SMILES string of the molecule is CC(C=N/N=C/N)=NN=C(N)N. The Labute approximate surface area is 69.7 Å². The predicted molar refractivity (Wildman–Crippen MR) is 50.1 cm³/mol. The molecule has 0 amide bonds. The van der Waals surface area contributed by atoms with Crippen LogP contribution in [0.25, 0.3) is 0 Å². The van der Waals surface area contributed by atoms with E-state index < -0.39 is 0 Å².